The van der Waals surface area contributed by atoms with Crippen molar-refractivity contribution in [1.29, 1.82) is 0 Å². The maximum absolute atomic E-state index is 10.4. The summed E-state index contributed by atoms with van der Waals surface area (Å²) in [4.78, 5) is 0. The van der Waals surface area contributed by atoms with E-state index >= 15 is 0 Å². The number of rotatable bonds is 5. The van der Waals surface area contributed by atoms with Gasteiger partial charge >= 0.3 is 0 Å². The van der Waals surface area contributed by atoms with Crippen molar-refractivity contribution in [3.05, 3.63) is 30.6 Å². The van der Waals surface area contributed by atoms with Crippen LogP contribution in [0, 0.1) is 0 Å². The molecule has 0 fully saturated rings. The highest BCUT2D eigenvalue weighted by Gasteiger charge is 2.04. The van der Waals surface area contributed by atoms with Gasteiger partial charge in [-0.1, -0.05) is 6.07 Å². The normalized spacial score (nSPS) is 11.5. The Balaban J connectivity index is 0.000000555. The van der Waals surface area contributed by atoms with Gasteiger partial charge in [-0.25, -0.2) is 13.0 Å². The van der Waals surface area contributed by atoms with Gasteiger partial charge in [0.1, 0.15) is 6.54 Å². The van der Waals surface area contributed by atoms with Crippen molar-refractivity contribution >= 4 is 20.2 Å². The smallest absolute Gasteiger partial charge is 0.264 e. The van der Waals surface area contributed by atoms with Crippen LogP contribution in [0.1, 0.15) is 12.8 Å². The Kier molecular flexibility index (Phi) is 7.76. The summed E-state index contributed by atoms with van der Waals surface area (Å²) in [6, 6.07) is 5.76. The number of unbranched alkanes of at least 4 members (excludes halogenated alkanes) is 1. The summed E-state index contributed by atoms with van der Waals surface area (Å²) in [5, 5.41) is 0. The topological polar surface area (TPSA) is 115 Å². The van der Waals surface area contributed by atoms with Gasteiger partial charge in [-0.3, -0.25) is 4.55 Å². The predicted molar refractivity (Wildman–Crippen MR) is 67.9 cm³/mol. The van der Waals surface area contributed by atoms with Crippen LogP contribution in [0.25, 0.3) is 0 Å². The fourth-order valence-corrected chi connectivity index (χ4v) is 1.73. The molecule has 0 unspecified atom stereocenters. The molecule has 1 heterocycles. The zero-order chi connectivity index (χ0) is 14.9. The van der Waals surface area contributed by atoms with Crippen molar-refractivity contribution in [1.82, 2.24) is 0 Å². The highest BCUT2D eigenvalue weighted by atomic mass is 32.2. The van der Waals surface area contributed by atoms with Crippen molar-refractivity contribution in [3.8, 4) is 0 Å². The Hall–Kier alpha value is -1.03. The van der Waals surface area contributed by atoms with Crippen LogP contribution in [-0.2, 0) is 26.8 Å². The zero-order valence-electron chi connectivity index (χ0n) is 10.5. The molecular weight excluding hydrogens is 294 g/mol. The summed E-state index contributed by atoms with van der Waals surface area (Å²) in [6.45, 7) is 0.774. The minimum atomic E-state index is -3.92. The fraction of sp³-hybridized carbons (Fsp3) is 0.500. The van der Waals surface area contributed by atoms with Gasteiger partial charge in [-0.05, 0) is 6.42 Å². The Morgan fingerprint density at radius 3 is 1.95 bits per heavy atom. The molecule has 0 bridgehead atoms. The summed E-state index contributed by atoms with van der Waals surface area (Å²) in [7, 11) is -7.70. The lowest BCUT2D eigenvalue weighted by Gasteiger charge is -1.96. The molecule has 0 amide bonds. The van der Waals surface area contributed by atoms with Crippen LogP contribution in [-0.4, -0.2) is 37.9 Å². The van der Waals surface area contributed by atoms with Gasteiger partial charge in [0.05, 0.1) is 15.9 Å². The quantitative estimate of drug-likeness (QED) is 0.457. The zero-order valence-corrected chi connectivity index (χ0v) is 12.1. The average molecular weight is 311 g/mol. The van der Waals surface area contributed by atoms with Crippen LogP contribution < -0.4 is 4.57 Å². The molecule has 9 heteroatoms. The second kappa shape index (κ2) is 8.20. The third-order valence-electron chi connectivity index (χ3n) is 1.85. The lowest BCUT2D eigenvalue weighted by Crippen LogP contribution is -2.32. The van der Waals surface area contributed by atoms with Crippen LogP contribution in [0.3, 0.4) is 0 Å². The number of aryl methyl sites for hydroxylation is 1. The minimum Gasteiger partial charge on any atom is -0.748 e. The van der Waals surface area contributed by atoms with E-state index in [0.29, 0.717) is 12.7 Å². The molecular formula is C10H17NO6S2. The highest BCUT2D eigenvalue weighted by molar-refractivity contribution is 7.85. The van der Waals surface area contributed by atoms with Crippen molar-refractivity contribution in [2.75, 3.05) is 12.0 Å². The number of pyridine rings is 1. The summed E-state index contributed by atoms with van der Waals surface area (Å²) in [6.07, 6.45) is 5.68. The van der Waals surface area contributed by atoms with Gasteiger partial charge in [-0.15, -0.1) is 0 Å². The van der Waals surface area contributed by atoms with Gasteiger partial charge < -0.3 is 4.55 Å². The molecule has 19 heavy (non-hydrogen) atoms. The van der Waals surface area contributed by atoms with E-state index in [9.17, 15) is 8.42 Å². The molecule has 0 aromatic carbocycles. The first-order valence-electron chi connectivity index (χ1n) is 5.38. The molecule has 1 rings (SSSR count). The first-order valence-corrected chi connectivity index (χ1v) is 8.80. The van der Waals surface area contributed by atoms with Gasteiger partial charge in [0.15, 0.2) is 12.4 Å². The Bertz CT molecular complexity index is 545. The maximum Gasteiger partial charge on any atom is 0.264 e. The lowest BCUT2D eigenvalue weighted by atomic mass is 10.3. The molecule has 0 aliphatic rings. The maximum atomic E-state index is 10.4. The summed E-state index contributed by atoms with van der Waals surface area (Å²) < 4.78 is 58.5. The van der Waals surface area contributed by atoms with Crippen molar-refractivity contribution < 1.29 is 30.5 Å². The summed E-state index contributed by atoms with van der Waals surface area (Å²) >= 11 is 0. The first kappa shape index (κ1) is 18.0. The number of aromatic nitrogens is 1. The first-order chi connectivity index (χ1) is 8.58. The SMILES string of the molecule is CS(=O)(=O)[O-].O=S(=O)(O)CCCC[n+]1ccccc1. The molecule has 0 spiro atoms. The van der Waals surface area contributed by atoms with Crippen LogP contribution >= 0.6 is 0 Å². The highest BCUT2D eigenvalue weighted by Crippen LogP contribution is 1.93. The standard InChI is InChI=1S/C9H13NO3S.CH4O3S/c11-14(12,13)9-5-4-8-10-6-2-1-3-7-10;1-5(2,3)4/h1-3,6-7H,4-5,8-9H2;1H3,(H,2,3,4). The predicted octanol–water partition coefficient (Wildman–Crippen LogP) is -0.196. The molecule has 7 nitrogen and oxygen atoms in total. The van der Waals surface area contributed by atoms with Crippen molar-refractivity contribution in [2.24, 2.45) is 0 Å². The van der Waals surface area contributed by atoms with Crippen molar-refractivity contribution in [3.63, 3.8) is 0 Å². The van der Waals surface area contributed by atoms with Crippen LogP contribution in [0.2, 0.25) is 0 Å². The minimum absolute atomic E-state index is 0.152. The average Bonchev–Trinajstić information content (AvgIpc) is 2.22. The summed E-state index contributed by atoms with van der Waals surface area (Å²) in [5.41, 5.74) is 0. The number of hydrogen-bond acceptors (Lipinski definition) is 5. The van der Waals surface area contributed by atoms with E-state index in [4.69, 9.17) is 17.5 Å². The number of hydrogen-bond donors (Lipinski definition) is 1. The van der Waals surface area contributed by atoms with E-state index in [1.54, 1.807) is 0 Å². The Morgan fingerprint density at radius 1 is 1.05 bits per heavy atom. The van der Waals surface area contributed by atoms with Gasteiger partial charge in [0.2, 0.25) is 0 Å². The second-order valence-electron chi connectivity index (χ2n) is 3.81. The van der Waals surface area contributed by atoms with Crippen LogP contribution in [0.4, 0.5) is 0 Å². The van der Waals surface area contributed by atoms with Gasteiger partial charge in [-0.2, -0.15) is 8.42 Å². The molecule has 0 aliphatic heterocycles. The molecule has 0 radical (unpaired) electrons. The molecule has 0 saturated heterocycles. The number of nitrogens with zero attached hydrogens (tertiary/aromatic N) is 1. The molecule has 0 aliphatic carbocycles. The molecule has 110 valence electrons. The molecule has 0 atom stereocenters. The van der Waals surface area contributed by atoms with E-state index < -0.39 is 20.2 Å². The molecule has 1 aromatic heterocycles. The van der Waals surface area contributed by atoms with Crippen molar-refractivity contribution in [2.45, 2.75) is 19.4 Å². The second-order valence-corrected chi connectivity index (χ2v) is 6.79. The van der Waals surface area contributed by atoms with E-state index in [0.717, 1.165) is 13.0 Å². The monoisotopic (exact) mass is 311 g/mol. The molecule has 0 saturated carbocycles. The Labute approximate surface area is 113 Å². The van der Waals surface area contributed by atoms with Crippen LogP contribution in [0.5, 0.6) is 0 Å². The van der Waals surface area contributed by atoms with Gasteiger partial charge in [0, 0.05) is 24.8 Å². The summed E-state index contributed by atoms with van der Waals surface area (Å²) in [5.74, 6) is -0.152. The van der Waals surface area contributed by atoms with E-state index in [-0.39, 0.29) is 5.75 Å². The third kappa shape index (κ3) is 17.0. The van der Waals surface area contributed by atoms with E-state index in [1.807, 2.05) is 35.2 Å². The fourth-order valence-electron chi connectivity index (χ4n) is 1.16. The van der Waals surface area contributed by atoms with E-state index in [1.165, 1.54) is 0 Å². The van der Waals surface area contributed by atoms with E-state index in [2.05, 4.69) is 0 Å². The van der Waals surface area contributed by atoms with Gasteiger partial charge in [0.25, 0.3) is 10.1 Å². The lowest BCUT2D eigenvalue weighted by molar-refractivity contribution is -0.697. The molecule has 1 N–H and O–H groups in total. The molecule has 1 aromatic rings. The van der Waals surface area contributed by atoms with Crippen LogP contribution in [0.15, 0.2) is 30.6 Å². The Morgan fingerprint density at radius 2 is 1.53 bits per heavy atom. The largest absolute Gasteiger partial charge is 0.748 e. The third-order valence-corrected chi connectivity index (χ3v) is 2.65.